The van der Waals surface area contributed by atoms with Gasteiger partial charge in [-0.2, -0.15) is 0 Å². The van der Waals surface area contributed by atoms with Crippen LogP contribution in [0.5, 0.6) is 0 Å². The van der Waals surface area contributed by atoms with Crippen LogP contribution in [0.15, 0.2) is 42.5 Å². The van der Waals surface area contributed by atoms with Crippen LogP contribution in [-0.2, 0) is 0 Å². The van der Waals surface area contributed by atoms with E-state index in [1.54, 1.807) is 21.9 Å². The van der Waals surface area contributed by atoms with Crippen molar-refractivity contribution in [1.29, 1.82) is 0 Å². The first-order chi connectivity index (χ1) is 15.6. The summed E-state index contributed by atoms with van der Waals surface area (Å²) in [4.78, 5) is 56.5. The molecule has 0 aromatic heterocycles. The Morgan fingerprint density at radius 3 is 2.03 bits per heavy atom. The van der Waals surface area contributed by atoms with Crippen molar-refractivity contribution in [1.82, 2.24) is 14.7 Å². The van der Waals surface area contributed by atoms with Gasteiger partial charge >= 0.3 is 0 Å². The highest BCUT2D eigenvalue weighted by atomic mass is 16.2. The molecule has 0 spiro atoms. The lowest BCUT2D eigenvalue weighted by Gasteiger charge is -2.29. The van der Waals surface area contributed by atoms with Gasteiger partial charge < -0.3 is 9.80 Å². The number of rotatable bonds is 2. The van der Waals surface area contributed by atoms with Gasteiger partial charge in [0.1, 0.15) is 0 Å². The minimum Gasteiger partial charge on any atom is -0.337 e. The molecule has 2 aliphatic rings. The van der Waals surface area contributed by atoms with Crippen LogP contribution in [0.1, 0.15) is 74.2 Å². The zero-order valence-corrected chi connectivity index (χ0v) is 19.6. The number of fused-ring (bicyclic) bond motifs is 1. The van der Waals surface area contributed by atoms with E-state index in [1.807, 2.05) is 52.0 Å². The van der Waals surface area contributed by atoms with Gasteiger partial charge in [0.25, 0.3) is 23.6 Å². The molecule has 0 unspecified atom stereocenters. The Bertz CT molecular complexity index is 1150. The average molecular weight is 448 g/mol. The molecule has 33 heavy (non-hydrogen) atoms. The highest BCUT2D eigenvalue weighted by molar-refractivity contribution is 6.22. The maximum atomic E-state index is 13.2. The molecule has 172 valence electrons. The number of hydrogen-bond donors (Lipinski definition) is 0. The average Bonchev–Trinajstić information content (AvgIpc) is 2.92. The lowest BCUT2D eigenvalue weighted by Crippen LogP contribution is -2.45. The van der Waals surface area contributed by atoms with E-state index in [9.17, 15) is 19.2 Å². The van der Waals surface area contributed by atoms with Gasteiger partial charge in [-0.25, -0.2) is 0 Å². The highest BCUT2D eigenvalue weighted by Gasteiger charge is 2.42. The lowest BCUT2D eigenvalue weighted by molar-refractivity contribution is 0.0507. The third kappa shape index (κ3) is 4.15. The molecule has 2 aromatic rings. The van der Waals surface area contributed by atoms with Gasteiger partial charge in [-0.15, -0.1) is 0 Å². The number of imide groups is 1. The van der Waals surface area contributed by atoms with Gasteiger partial charge in [0.05, 0.1) is 11.1 Å². The SMILES string of the molecule is Cc1ccccc1C(=O)N1CCCN(C(=O)c2ccc3c(c2)C(=O)N(C(C)(C)C)C3=O)CC1. The smallest absolute Gasteiger partial charge is 0.262 e. The number of aryl methyl sites for hydroxylation is 1. The summed E-state index contributed by atoms with van der Waals surface area (Å²) >= 11 is 0. The molecule has 4 amide bonds. The largest absolute Gasteiger partial charge is 0.337 e. The van der Waals surface area contributed by atoms with Gasteiger partial charge in [0.2, 0.25) is 0 Å². The van der Waals surface area contributed by atoms with Crippen molar-refractivity contribution in [2.45, 2.75) is 39.7 Å². The third-order valence-corrected chi connectivity index (χ3v) is 6.25. The summed E-state index contributed by atoms with van der Waals surface area (Å²) in [5, 5.41) is 0. The lowest BCUT2D eigenvalue weighted by atomic mass is 10.0. The number of amides is 4. The van der Waals surface area contributed by atoms with Crippen LogP contribution in [0.2, 0.25) is 0 Å². The molecule has 0 bridgehead atoms. The molecule has 4 rings (SSSR count). The molecule has 2 heterocycles. The van der Waals surface area contributed by atoms with E-state index in [0.717, 1.165) is 5.56 Å². The summed E-state index contributed by atoms with van der Waals surface area (Å²) in [5.74, 6) is -0.923. The van der Waals surface area contributed by atoms with Crippen LogP contribution < -0.4 is 0 Å². The summed E-state index contributed by atoms with van der Waals surface area (Å²) in [6, 6.07) is 12.2. The first kappa shape index (κ1) is 22.7. The second kappa shape index (κ2) is 8.46. The Morgan fingerprint density at radius 2 is 1.39 bits per heavy atom. The van der Waals surface area contributed by atoms with Gasteiger partial charge in [-0.3, -0.25) is 24.1 Å². The van der Waals surface area contributed by atoms with Crippen molar-refractivity contribution >= 4 is 23.6 Å². The number of nitrogens with zero attached hydrogens (tertiary/aromatic N) is 3. The highest BCUT2D eigenvalue weighted by Crippen LogP contribution is 2.30. The molecule has 7 nitrogen and oxygen atoms in total. The molecule has 1 saturated heterocycles. The topological polar surface area (TPSA) is 78.0 Å². The zero-order valence-electron chi connectivity index (χ0n) is 19.6. The predicted octanol–water partition coefficient (Wildman–Crippen LogP) is 3.38. The zero-order chi connectivity index (χ0) is 23.9. The van der Waals surface area contributed by atoms with Crippen molar-refractivity contribution in [3.8, 4) is 0 Å². The predicted molar refractivity (Wildman–Crippen MR) is 124 cm³/mol. The van der Waals surface area contributed by atoms with Crippen LogP contribution in [0, 0.1) is 6.92 Å². The Hall–Kier alpha value is -3.48. The minimum absolute atomic E-state index is 0.0219. The van der Waals surface area contributed by atoms with Gasteiger partial charge in [0.15, 0.2) is 0 Å². The van der Waals surface area contributed by atoms with Crippen LogP contribution in [0.4, 0.5) is 0 Å². The van der Waals surface area contributed by atoms with Gasteiger partial charge in [0, 0.05) is 42.8 Å². The van der Waals surface area contributed by atoms with Crippen LogP contribution in [-0.4, -0.2) is 70.0 Å². The molecule has 0 atom stereocenters. The standard InChI is InChI=1S/C26H29N3O4/c1-17-8-5-6-9-19(17)23(31)28-13-7-12-27(14-15-28)22(30)18-10-11-20-21(16-18)25(33)29(24(20)32)26(2,3)4/h5-6,8-11,16H,7,12-15H2,1-4H3. The molecule has 2 aromatic carbocycles. The van der Waals surface area contributed by atoms with Crippen molar-refractivity contribution in [3.05, 3.63) is 70.3 Å². The molecule has 2 aliphatic heterocycles. The summed E-state index contributed by atoms with van der Waals surface area (Å²) in [6.45, 7) is 9.30. The van der Waals surface area contributed by atoms with Gasteiger partial charge in [-0.05, 0) is 63.9 Å². The Morgan fingerprint density at radius 1 is 0.788 bits per heavy atom. The van der Waals surface area contributed by atoms with E-state index in [-0.39, 0.29) is 29.2 Å². The van der Waals surface area contributed by atoms with Crippen LogP contribution >= 0.6 is 0 Å². The molecular weight excluding hydrogens is 418 g/mol. The minimum atomic E-state index is -0.644. The second-order valence-electron chi connectivity index (χ2n) is 9.63. The fourth-order valence-electron chi connectivity index (χ4n) is 4.47. The van der Waals surface area contributed by atoms with Crippen LogP contribution in [0.3, 0.4) is 0 Å². The Kier molecular flexibility index (Phi) is 5.82. The summed E-state index contributed by atoms with van der Waals surface area (Å²) in [5.41, 5.74) is 1.95. The number of hydrogen-bond acceptors (Lipinski definition) is 4. The molecule has 7 heteroatoms. The summed E-state index contributed by atoms with van der Waals surface area (Å²) < 4.78 is 0. The number of carbonyl (C=O) groups excluding carboxylic acids is 4. The van der Waals surface area contributed by atoms with Gasteiger partial charge in [-0.1, -0.05) is 18.2 Å². The Labute approximate surface area is 194 Å². The molecular formula is C26H29N3O4. The third-order valence-electron chi connectivity index (χ3n) is 6.25. The van der Waals surface area contributed by atoms with E-state index in [0.29, 0.717) is 49.3 Å². The quantitative estimate of drug-likeness (QED) is 0.662. The summed E-state index contributed by atoms with van der Waals surface area (Å²) in [7, 11) is 0. The van der Waals surface area contributed by atoms with E-state index in [1.165, 1.54) is 11.0 Å². The van der Waals surface area contributed by atoms with E-state index in [4.69, 9.17) is 0 Å². The second-order valence-corrected chi connectivity index (χ2v) is 9.63. The number of carbonyl (C=O) groups is 4. The van der Waals surface area contributed by atoms with E-state index in [2.05, 4.69) is 0 Å². The number of benzene rings is 2. The molecule has 0 N–H and O–H groups in total. The monoisotopic (exact) mass is 447 g/mol. The van der Waals surface area contributed by atoms with Crippen molar-refractivity contribution < 1.29 is 19.2 Å². The maximum absolute atomic E-state index is 13.2. The molecule has 1 fully saturated rings. The molecule has 0 radical (unpaired) electrons. The molecule has 0 aliphatic carbocycles. The van der Waals surface area contributed by atoms with E-state index >= 15 is 0 Å². The fraction of sp³-hybridized carbons (Fsp3) is 0.385. The maximum Gasteiger partial charge on any atom is 0.262 e. The first-order valence-electron chi connectivity index (χ1n) is 11.3. The van der Waals surface area contributed by atoms with Crippen molar-refractivity contribution in [2.24, 2.45) is 0 Å². The van der Waals surface area contributed by atoms with Crippen molar-refractivity contribution in [2.75, 3.05) is 26.2 Å². The van der Waals surface area contributed by atoms with Crippen LogP contribution in [0.25, 0.3) is 0 Å². The Balaban J connectivity index is 1.50. The molecule has 0 saturated carbocycles. The van der Waals surface area contributed by atoms with E-state index < -0.39 is 5.54 Å². The first-order valence-corrected chi connectivity index (χ1v) is 11.3. The normalized spacial score (nSPS) is 16.7. The summed E-state index contributed by atoms with van der Waals surface area (Å²) in [6.07, 6.45) is 0.670. The van der Waals surface area contributed by atoms with Crippen molar-refractivity contribution in [3.63, 3.8) is 0 Å². The fourth-order valence-corrected chi connectivity index (χ4v) is 4.47.